The first kappa shape index (κ1) is 27.8. The summed E-state index contributed by atoms with van der Waals surface area (Å²) in [5.41, 5.74) is -1.99. The molecular formula is C25H28F6N4O3. The van der Waals surface area contributed by atoms with Crippen molar-refractivity contribution in [3.05, 3.63) is 51.8 Å². The summed E-state index contributed by atoms with van der Waals surface area (Å²) >= 11 is 0. The van der Waals surface area contributed by atoms with E-state index in [0.717, 1.165) is 17.8 Å². The van der Waals surface area contributed by atoms with Gasteiger partial charge in [-0.1, -0.05) is 0 Å². The topological polar surface area (TPSA) is 78.5 Å². The maximum atomic E-state index is 13.3. The second-order valence-corrected chi connectivity index (χ2v) is 10.6. The van der Waals surface area contributed by atoms with Gasteiger partial charge >= 0.3 is 18.4 Å². The standard InChI is InChI=1S/C25H28F6N4O3/c1-23(2,3)38-22(37)35-9-6-19-18(13-35)20(33-32-19)21(36)34-7-4-14(5-8-34)15-10-16(24(26,27)28)12-17(11-15)25(29,30)31/h10-12,14H,4-9,13H2,1-3H3,(H,32,33). The minimum Gasteiger partial charge on any atom is -0.444 e. The van der Waals surface area contributed by atoms with Gasteiger partial charge < -0.3 is 14.5 Å². The number of rotatable bonds is 2. The maximum absolute atomic E-state index is 13.3. The van der Waals surface area contributed by atoms with Crippen LogP contribution in [0.25, 0.3) is 0 Å². The van der Waals surface area contributed by atoms with Crippen molar-refractivity contribution in [2.24, 2.45) is 0 Å². The lowest BCUT2D eigenvalue weighted by Crippen LogP contribution is -2.41. The monoisotopic (exact) mass is 546 g/mol. The molecule has 2 aromatic rings. The highest BCUT2D eigenvalue weighted by Gasteiger charge is 2.38. The molecule has 0 unspecified atom stereocenters. The molecule has 0 radical (unpaired) electrons. The summed E-state index contributed by atoms with van der Waals surface area (Å²) in [5.74, 6) is -0.981. The number of nitrogens with one attached hydrogen (secondary N) is 1. The molecule has 0 bridgehead atoms. The van der Waals surface area contributed by atoms with E-state index in [2.05, 4.69) is 10.2 Å². The molecule has 0 aliphatic carbocycles. The zero-order valence-electron chi connectivity index (χ0n) is 21.1. The Morgan fingerprint density at radius 1 is 0.921 bits per heavy atom. The van der Waals surface area contributed by atoms with Crippen LogP contribution in [-0.2, 0) is 30.1 Å². The van der Waals surface area contributed by atoms with Gasteiger partial charge in [0.2, 0.25) is 0 Å². The van der Waals surface area contributed by atoms with Gasteiger partial charge in [-0.25, -0.2) is 4.79 Å². The molecule has 3 heterocycles. The van der Waals surface area contributed by atoms with E-state index in [1.165, 1.54) is 9.80 Å². The zero-order valence-corrected chi connectivity index (χ0v) is 21.1. The highest BCUT2D eigenvalue weighted by molar-refractivity contribution is 5.94. The van der Waals surface area contributed by atoms with Gasteiger partial charge in [0, 0.05) is 37.3 Å². The summed E-state index contributed by atoms with van der Waals surface area (Å²) in [6.07, 6.45) is -9.50. The number of carbonyl (C=O) groups excluding carboxylic acids is 2. The van der Waals surface area contributed by atoms with Crippen LogP contribution in [0.15, 0.2) is 18.2 Å². The van der Waals surface area contributed by atoms with Crippen LogP contribution < -0.4 is 0 Å². The van der Waals surface area contributed by atoms with Crippen LogP contribution in [0, 0.1) is 0 Å². The van der Waals surface area contributed by atoms with E-state index in [9.17, 15) is 35.9 Å². The second-order valence-electron chi connectivity index (χ2n) is 10.6. The molecule has 4 rings (SSSR count). The van der Waals surface area contributed by atoms with Crippen molar-refractivity contribution in [2.45, 2.75) is 70.4 Å². The highest BCUT2D eigenvalue weighted by atomic mass is 19.4. The normalized spacial score (nSPS) is 17.4. The van der Waals surface area contributed by atoms with Gasteiger partial charge in [0.25, 0.3) is 5.91 Å². The lowest BCUT2D eigenvalue weighted by atomic mass is 9.87. The number of hydrogen-bond acceptors (Lipinski definition) is 4. The lowest BCUT2D eigenvalue weighted by Gasteiger charge is -2.33. The Morgan fingerprint density at radius 3 is 2.03 bits per heavy atom. The van der Waals surface area contributed by atoms with Gasteiger partial charge in [-0.2, -0.15) is 31.4 Å². The molecule has 1 aromatic carbocycles. The number of H-pyrrole nitrogens is 1. The number of amides is 2. The quantitative estimate of drug-likeness (QED) is 0.486. The van der Waals surface area contributed by atoms with Crippen molar-refractivity contribution >= 4 is 12.0 Å². The molecule has 2 aliphatic rings. The van der Waals surface area contributed by atoms with Crippen LogP contribution in [0.2, 0.25) is 0 Å². The van der Waals surface area contributed by atoms with Crippen LogP contribution in [0.1, 0.15) is 78.0 Å². The number of nitrogens with zero attached hydrogens (tertiary/aromatic N) is 3. The first-order valence-electron chi connectivity index (χ1n) is 12.2. The molecule has 38 heavy (non-hydrogen) atoms. The number of ether oxygens (including phenoxy) is 1. The third kappa shape index (κ3) is 6.07. The smallest absolute Gasteiger partial charge is 0.416 e. The van der Waals surface area contributed by atoms with E-state index >= 15 is 0 Å². The number of fused-ring (bicyclic) bond motifs is 1. The third-order valence-electron chi connectivity index (χ3n) is 6.65. The Hall–Kier alpha value is -3.25. The van der Waals surface area contributed by atoms with Gasteiger partial charge in [0.1, 0.15) is 5.60 Å². The summed E-state index contributed by atoms with van der Waals surface area (Å²) in [5, 5.41) is 6.99. The van der Waals surface area contributed by atoms with E-state index in [0.29, 0.717) is 18.5 Å². The molecule has 0 saturated carbocycles. The van der Waals surface area contributed by atoms with Crippen LogP contribution in [-0.4, -0.2) is 57.2 Å². The number of carbonyl (C=O) groups is 2. The molecule has 0 atom stereocenters. The molecule has 0 spiro atoms. The van der Waals surface area contributed by atoms with E-state index < -0.39 is 47.0 Å². The van der Waals surface area contributed by atoms with Crippen molar-refractivity contribution in [3.63, 3.8) is 0 Å². The Morgan fingerprint density at radius 2 is 1.50 bits per heavy atom. The number of likely N-dealkylation sites (tertiary alicyclic amines) is 1. The Labute approximate surface area is 215 Å². The molecule has 1 fully saturated rings. The average Bonchev–Trinajstić information content (AvgIpc) is 3.24. The number of benzene rings is 1. The third-order valence-corrected chi connectivity index (χ3v) is 6.65. The molecule has 1 aromatic heterocycles. The first-order chi connectivity index (χ1) is 17.5. The number of alkyl halides is 6. The van der Waals surface area contributed by atoms with E-state index in [-0.39, 0.29) is 49.8 Å². The van der Waals surface area contributed by atoms with Gasteiger partial charge in [-0.05, 0) is 63.3 Å². The predicted molar refractivity (Wildman–Crippen MR) is 123 cm³/mol. The Kier molecular flexibility index (Phi) is 7.17. The average molecular weight is 547 g/mol. The number of hydrogen-bond donors (Lipinski definition) is 1. The van der Waals surface area contributed by atoms with Crippen LogP contribution >= 0.6 is 0 Å². The summed E-state index contributed by atoms with van der Waals surface area (Å²) < 4.78 is 85.0. The SMILES string of the molecule is CC(C)(C)OC(=O)N1CCc2[nH]nc(C(=O)N3CCC(c4cc(C(F)(F)F)cc(C(F)(F)F)c4)CC3)c2C1. The fraction of sp³-hybridized carbons (Fsp3) is 0.560. The van der Waals surface area contributed by atoms with Gasteiger partial charge in [-0.15, -0.1) is 0 Å². The van der Waals surface area contributed by atoms with E-state index in [4.69, 9.17) is 4.74 Å². The molecule has 1 saturated heterocycles. The molecule has 2 amide bonds. The van der Waals surface area contributed by atoms with Crippen molar-refractivity contribution in [1.29, 1.82) is 0 Å². The van der Waals surface area contributed by atoms with E-state index in [1.54, 1.807) is 20.8 Å². The van der Waals surface area contributed by atoms with Gasteiger partial charge in [-0.3, -0.25) is 9.89 Å². The highest BCUT2D eigenvalue weighted by Crippen LogP contribution is 2.39. The molecule has 13 heteroatoms. The van der Waals surface area contributed by atoms with E-state index in [1.807, 2.05) is 0 Å². The summed E-state index contributed by atoms with van der Waals surface area (Å²) in [4.78, 5) is 28.7. The largest absolute Gasteiger partial charge is 0.444 e. The van der Waals surface area contributed by atoms with Crippen molar-refractivity contribution in [3.8, 4) is 0 Å². The summed E-state index contributed by atoms with van der Waals surface area (Å²) in [7, 11) is 0. The fourth-order valence-corrected chi connectivity index (χ4v) is 4.73. The second kappa shape index (κ2) is 9.81. The number of aromatic nitrogens is 2. The molecule has 2 aliphatic heterocycles. The molecular weight excluding hydrogens is 518 g/mol. The number of piperidine rings is 1. The van der Waals surface area contributed by atoms with Gasteiger partial charge in [0.05, 0.1) is 17.7 Å². The maximum Gasteiger partial charge on any atom is 0.416 e. The summed E-state index contributed by atoms with van der Waals surface area (Å²) in [6.45, 7) is 6.04. The van der Waals surface area contributed by atoms with Crippen LogP contribution in [0.4, 0.5) is 31.1 Å². The van der Waals surface area contributed by atoms with Crippen molar-refractivity contribution < 1.29 is 40.7 Å². The van der Waals surface area contributed by atoms with Gasteiger partial charge in [0.15, 0.2) is 5.69 Å². The molecule has 1 N–H and O–H groups in total. The van der Waals surface area contributed by atoms with Crippen molar-refractivity contribution in [1.82, 2.24) is 20.0 Å². The summed E-state index contributed by atoms with van der Waals surface area (Å²) in [6, 6.07) is 1.63. The van der Waals surface area contributed by atoms with Crippen LogP contribution in [0.5, 0.6) is 0 Å². The fourth-order valence-electron chi connectivity index (χ4n) is 4.73. The number of aromatic amines is 1. The predicted octanol–water partition coefficient (Wildman–Crippen LogP) is 5.76. The van der Waals surface area contributed by atoms with Crippen LogP contribution in [0.3, 0.4) is 0 Å². The minimum atomic E-state index is -4.92. The number of halogens is 6. The zero-order chi connectivity index (χ0) is 28.0. The Bertz CT molecular complexity index is 1170. The van der Waals surface area contributed by atoms with Crippen molar-refractivity contribution in [2.75, 3.05) is 19.6 Å². The minimum absolute atomic E-state index is 0.0515. The lowest BCUT2D eigenvalue weighted by molar-refractivity contribution is -0.143. The first-order valence-corrected chi connectivity index (χ1v) is 12.2. The molecule has 7 nitrogen and oxygen atoms in total. The molecule has 208 valence electrons. The Balaban J connectivity index is 1.47.